The second-order valence-corrected chi connectivity index (χ2v) is 15.6. The van der Waals surface area contributed by atoms with Crippen LogP contribution in [-0.2, 0) is 30.1 Å². The molecule has 6 N–H and O–H groups in total. The number of hydrogen-bond acceptors (Lipinski definition) is 16. The standard InChI is InChI=1S/C32H24N6O10S3.2Na/c33-25-11-1-17-13-23(50(43,44)45)15-27(39)29(17)31(25)37-35-19-3-7-21(8-4-19)49(41,42)22-9-5-20(6-10-22)36-38-32-26(34)12-2-18-14-24(51(46,47)48)16-28(40)30(18)32;;/h1-16,39-40H,33-34H2,(H,43,44,45)(H,46,47,48);;/q;2*+1/p-2. The fraction of sp³-hybridized carbons (Fsp3) is 0. The van der Waals surface area contributed by atoms with Gasteiger partial charge >= 0.3 is 59.1 Å². The van der Waals surface area contributed by atoms with E-state index in [0.29, 0.717) is 0 Å². The third kappa shape index (κ3) is 8.71. The molecule has 6 aromatic carbocycles. The summed E-state index contributed by atoms with van der Waals surface area (Å²) in [6.45, 7) is 0. The number of phenols is 2. The van der Waals surface area contributed by atoms with E-state index in [1.54, 1.807) is 0 Å². The first-order valence-electron chi connectivity index (χ1n) is 14.2. The van der Waals surface area contributed by atoms with Gasteiger partial charge in [-0.05, 0) is 95.7 Å². The number of benzene rings is 6. The Morgan fingerprint density at radius 3 is 1.13 bits per heavy atom. The minimum absolute atomic E-state index is 0. The first-order valence-corrected chi connectivity index (χ1v) is 18.5. The quantitative estimate of drug-likeness (QED) is 0.0688. The molecule has 53 heavy (non-hydrogen) atoms. The molecule has 0 amide bonds. The molecule has 0 spiro atoms. The van der Waals surface area contributed by atoms with Crippen molar-refractivity contribution in [2.75, 3.05) is 11.5 Å². The molecule has 0 bridgehead atoms. The van der Waals surface area contributed by atoms with Crippen molar-refractivity contribution in [2.24, 2.45) is 20.5 Å². The molecule has 0 radical (unpaired) electrons. The van der Waals surface area contributed by atoms with Gasteiger partial charge in [-0.25, -0.2) is 25.3 Å². The van der Waals surface area contributed by atoms with Crippen molar-refractivity contribution in [1.82, 2.24) is 0 Å². The maximum absolute atomic E-state index is 13.3. The van der Waals surface area contributed by atoms with Gasteiger partial charge in [0.25, 0.3) is 0 Å². The smallest absolute Gasteiger partial charge is 0.744 e. The minimum atomic E-state index is -4.85. The number of nitrogens with zero attached hydrogens (tertiary/aromatic N) is 4. The molecule has 260 valence electrons. The van der Waals surface area contributed by atoms with Crippen LogP contribution < -0.4 is 70.6 Å². The summed E-state index contributed by atoms with van der Waals surface area (Å²) < 4.78 is 95.3. The molecule has 21 heteroatoms. The van der Waals surface area contributed by atoms with Gasteiger partial charge in [-0.15, -0.1) is 10.2 Å². The fourth-order valence-corrected chi connectivity index (χ4v) is 7.38. The molecule has 6 rings (SSSR count). The first-order chi connectivity index (χ1) is 23.9. The zero-order chi connectivity index (χ0) is 36.9. The molecular weight excluding hydrogens is 771 g/mol. The van der Waals surface area contributed by atoms with Crippen LogP contribution in [-0.4, -0.2) is 44.6 Å². The summed E-state index contributed by atoms with van der Waals surface area (Å²) in [7, 11) is -13.7. The van der Waals surface area contributed by atoms with E-state index in [2.05, 4.69) is 20.5 Å². The summed E-state index contributed by atoms with van der Waals surface area (Å²) in [5.74, 6) is -1.10. The molecule has 0 heterocycles. The van der Waals surface area contributed by atoms with Crippen LogP contribution in [0, 0.1) is 0 Å². The SMILES string of the molecule is Nc1ccc2cc(S(=O)(=O)[O-])cc(O)c2c1N=Nc1ccc(S(=O)(=O)c2ccc(N=Nc3c(N)ccc4cc(S(=O)(=O)[O-])cc(O)c34)cc2)cc1.[Na+].[Na+]. The van der Waals surface area contributed by atoms with Gasteiger partial charge in [0, 0.05) is 0 Å². The minimum Gasteiger partial charge on any atom is -0.744 e. The van der Waals surface area contributed by atoms with E-state index in [4.69, 9.17) is 11.5 Å². The van der Waals surface area contributed by atoms with E-state index in [1.165, 1.54) is 72.8 Å². The predicted molar refractivity (Wildman–Crippen MR) is 183 cm³/mol. The van der Waals surface area contributed by atoms with Crippen LogP contribution in [0.25, 0.3) is 21.5 Å². The van der Waals surface area contributed by atoms with E-state index in [1.807, 2.05) is 0 Å². The molecule has 0 unspecified atom stereocenters. The monoisotopic (exact) mass is 792 g/mol. The summed E-state index contributed by atoms with van der Waals surface area (Å²) in [5.41, 5.74) is 12.6. The molecule has 0 aromatic heterocycles. The Morgan fingerprint density at radius 2 is 0.811 bits per heavy atom. The van der Waals surface area contributed by atoms with Crippen molar-refractivity contribution in [3.8, 4) is 11.5 Å². The van der Waals surface area contributed by atoms with Gasteiger partial charge in [0.1, 0.15) is 43.1 Å². The van der Waals surface area contributed by atoms with Crippen LogP contribution in [0.1, 0.15) is 0 Å². The van der Waals surface area contributed by atoms with Gasteiger partial charge in [-0.3, -0.25) is 0 Å². The Kier molecular flexibility index (Phi) is 12.4. The Bertz CT molecular complexity index is 2620. The number of fused-ring (bicyclic) bond motifs is 2. The number of anilines is 2. The number of nitrogen functional groups attached to an aromatic ring is 2. The van der Waals surface area contributed by atoms with Crippen LogP contribution in [0.4, 0.5) is 34.1 Å². The summed E-state index contributed by atoms with van der Waals surface area (Å²) in [6.07, 6.45) is 0. The van der Waals surface area contributed by atoms with E-state index in [9.17, 15) is 44.6 Å². The van der Waals surface area contributed by atoms with Gasteiger partial charge in [-0.1, -0.05) is 12.1 Å². The van der Waals surface area contributed by atoms with Gasteiger partial charge in [0.2, 0.25) is 9.84 Å². The van der Waals surface area contributed by atoms with Crippen LogP contribution in [0.3, 0.4) is 0 Å². The van der Waals surface area contributed by atoms with Crippen molar-refractivity contribution in [2.45, 2.75) is 19.6 Å². The van der Waals surface area contributed by atoms with E-state index in [-0.39, 0.29) is 125 Å². The second-order valence-electron chi connectivity index (χ2n) is 10.9. The van der Waals surface area contributed by atoms with Gasteiger partial charge < -0.3 is 30.8 Å². The second kappa shape index (κ2) is 15.8. The number of nitrogens with two attached hydrogens (primary N) is 2. The third-order valence-corrected chi connectivity index (χ3v) is 11.0. The third-order valence-electron chi connectivity index (χ3n) is 7.55. The van der Waals surface area contributed by atoms with E-state index < -0.39 is 51.4 Å². The van der Waals surface area contributed by atoms with Crippen LogP contribution >= 0.6 is 0 Å². The molecular formula is C32H22N6Na2O10S3. The molecule has 0 aliphatic rings. The zero-order valence-corrected chi connectivity index (χ0v) is 34.0. The number of phenolic OH excluding ortho intramolecular Hbond substituents is 2. The van der Waals surface area contributed by atoms with Crippen LogP contribution in [0.15, 0.2) is 137 Å². The summed E-state index contributed by atoms with van der Waals surface area (Å²) in [4.78, 5) is -1.43. The maximum Gasteiger partial charge on any atom is 1.00 e. The van der Waals surface area contributed by atoms with Crippen molar-refractivity contribution in [1.29, 1.82) is 0 Å². The molecule has 0 aliphatic carbocycles. The number of rotatable bonds is 8. The molecule has 6 aromatic rings. The first kappa shape index (κ1) is 41.8. The van der Waals surface area contributed by atoms with E-state index >= 15 is 0 Å². The van der Waals surface area contributed by atoms with Gasteiger partial charge in [-0.2, -0.15) is 10.2 Å². The molecule has 0 aliphatic heterocycles. The predicted octanol–water partition coefficient (Wildman–Crippen LogP) is 0.0484. The molecule has 0 saturated carbocycles. The van der Waals surface area contributed by atoms with Crippen LogP contribution in [0.2, 0.25) is 0 Å². The number of azo groups is 2. The Labute approximate surface area is 346 Å². The molecule has 0 atom stereocenters. The average molecular weight is 793 g/mol. The van der Waals surface area contributed by atoms with Crippen LogP contribution in [0.5, 0.6) is 11.5 Å². The van der Waals surface area contributed by atoms with Gasteiger partial charge in [0.15, 0.2) is 0 Å². The Balaban J connectivity index is 0.00000314. The largest absolute Gasteiger partial charge is 1.00 e. The number of sulfone groups is 1. The molecule has 0 saturated heterocycles. The van der Waals surface area contributed by atoms with Crippen molar-refractivity contribution < 1.29 is 104 Å². The van der Waals surface area contributed by atoms with Crippen molar-refractivity contribution >= 4 is 85.7 Å². The van der Waals surface area contributed by atoms with Crippen molar-refractivity contribution in [3.63, 3.8) is 0 Å². The topological polar surface area (TPSA) is 290 Å². The maximum atomic E-state index is 13.3. The molecule has 0 fully saturated rings. The summed E-state index contributed by atoms with van der Waals surface area (Å²) >= 11 is 0. The average Bonchev–Trinajstić information content (AvgIpc) is 3.07. The van der Waals surface area contributed by atoms with E-state index in [0.717, 1.165) is 24.3 Å². The summed E-state index contributed by atoms with van der Waals surface area (Å²) in [6, 6.07) is 20.0. The van der Waals surface area contributed by atoms with Crippen molar-refractivity contribution in [3.05, 3.63) is 97.1 Å². The number of hydrogen-bond donors (Lipinski definition) is 4. The van der Waals surface area contributed by atoms with Gasteiger partial charge in [0.05, 0.1) is 53.1 Å². The fourth-order valence-electron chi connectivity index (χ4n) is 5.07. The summed E-state index contributed by atoms with van der Waals surface area (Å²) in [5, 5.41) is 37.7. The Hall–Kier alpha value is -3.99. The zero-order valence-electron chi connectivity index (χ0n) is 27.6. The normalized spacial score (nSPS) is 12.3. The molecule has 16 nitrogen and oxygen atoms in total. The Morgan fingerprint density at radius 1 is 0.472 bits per heavy atom. The number of aromatic hydroxyl groups is 2.